The van der Waals surface area contributed by atoms with E-state index in [1.807, 2.05) is 18.5 Å². The van der Waals surface area contributed by atoms with Crippen LogP contribution in [0.5, 0.6) is 0 Å². The van der Waals surface area contributed by atoms with Crippen LogP contribution in [-0.4, -0.2) is 24.1 Å². The molecule has 0 spiro atoms. The largest absolute Gasteiger partial charge is 0.366 e. The Balaban J connectivity index is 2.28. The summed E-state index contributed by atoms with van der Waals surface area (Å²) in [4.78, 5) is 6.47. The van der Waals surface area contributed by atoms with Crippen LogP contribution < -0.4 is 10.6 Å². The maximum atomic E-state index is 5.83. The molecule has 0 aromatic carbocycles. The standard InChI is InChI=1S/C11H16BrN3/c1-8-3-5-15(11(8)6-13)10-2-4-14-7-9(10)12/h2,4,7-8,11H,3,5-6,13H2,1H3. The average molecular weight is 270 g/mol. The van der Waals surface area contributed by atoms with Crippen molar-refractivity contribution in [2.24, 2.45) is 11.7 Å². The van der Waals surface area contributed by atoms with Crippen LogP contribution >= 0.6 is 15.9 Å². The van der Waals surface area contributed by atoms with Crippen molar-refractivity contribution in [2.45, 2.75) is 19.4 Å². The summed E-state index contributed by atoms with van der Waals surface area (Å²) in [6, 6.07) is 2.51. The second-order valence-electron chi connectivity index (χ2n) is 4.09. The second kappa shape index (κ2) is 4.49. The number of nitrogens with two attached hydrogens (primary N) is 1. The summed E-state index contributed by atoms with van der Waals surface area (Å²) in [5.74, 6) is 0.676. The molecule has 1 aromatic heterocycles. The van der Waals surface area contributed by atoms with Crippen LogP contribution in [0.25, 0.3) is 0 Å². The Kier molecular flexibility index (Phi) is 3.26. The third-order valence-electron chi connectivity index (χ3n) is 3.18. The first-order chi connectivity index (χ1) is 7.24. The fraction of sp³-hybridized carbons (Fsp3) is 0.545. The Bertz CT molecular complexity index is 342. The van der Waals surface area contributed by atoms with E-state index in [1.165, 1.54) is 12.1 Å². The summed E-state index contributed by atoms with van der Waals surface area (Å²) in [7, 11) is 0. The van der Waals surface area contributed by atoms with Gasteiger partial charge >= 0.3 is 0 Å². The number of rotatable bonds is 2. The van der Waals surface area contributed by atoms with Crippen molar-refractivity contribution in [3.8, 4) is 0 Å². The lowest BCUT2D eigenvalue weighted by molar-refractivity contribution is 0.519. The number of hydrogen-bond acceptors (Lipinski definition) is 3. The van der Waals surface area contributed by atoms with Crippen molar-refractivity contribution < 1.29 is 0 Å². The molecule has 0 radical (unpaired) electrons. The smallest absolute Gasteiger partial charge is 0.0592 e. The molecule has 2 rings (SSSR count). The molecule has 2 N–H and O–H groups in total. The van der Waals surface area contributed by atoms with E-state index < -0.39 is 0 Å². The topological polar surface area (TPSA) is 42.2 Å². The lowest BCUT2D eigenvalue weighted by Crippen LogP contribution is -2.38. The van der Waals surface area contributed by atoms with Crippen molar-refractivity contribution in [1.29, 1.82) is 0 Å². The van der Waals surface area contributed by atoms with Gasteiger partial charge in [-0.15, -0.1) is 0 Å². The molecular formula is C11H16BrN3. The molecule has 0 saturated carbocycles. The van der Waals surface area contributed by atoms with Crippen LogP contribution in [0.3, 0.4) is 0 Å². The number of aromatic nitrogens is 1. The van der Waals surface area contributed by atoms with Gasteiger partial charge in [0.1, 0.15) is 0 Å². The van der Waals surface area contributed by atoms with Gasteiger partial charge in [0.05, 0.1) is 10.2 Å². The maximum Gasteiger partial charge on any atom is 0.0592 e. The van der Waals surface area contributed by atoms with Gasteiger partial charge in [-0.3, -0.25) is 4.98 Å². The molecular weight excluding hydrogens is 254 g/mol. The van der Waals surface area contributed by atoms with Gasteiger partial charge in [0.25, 0.3) is 0 Å². The molecule has 2 atom stereocenters. The van der Waals surface area contributed by atoms with Gasteiger partial charge < -0.3 is 10.6 Å². The van der Waals surface area contributed by atoms with E-state index in [-0.39, 0.29) is 0 Å². The maximum absolute atomic E-state index is 5.83. The summed E-state index contributed by atoms with van der Waals surface area (Å²) >= 11 is 3.54. The SMILES string of the molecule is CC1CCN(c2ccncc2Br)C1CN. The highest BCUT2D eigenvalue weighted by atomic mass is 79.9. The Morgan fingerprint density at radius 3 is 3.13 bits per heavy atom. The Labute approximate surface area is 98.8 Å². The third-order valence-corrected chi connectivity index (χ3v) is 3.80. The predicted octanol–water partition coefficient (Wildman–Crippen LogP) is 2.02. The molecule has 82 valence electrons. The molecule has 2 unspecified atom stereocenters. The van der Waals surface area contributed by atoms with Crippen LogP contribution in [0, 0.1) is 5.92 Å². The summed E-state index contributed by atoms with van der Waals surface area (Å²) < 4.78 is 1.05. The zero-order chi connectivity index (χ0) is 10.8. The van der Waals surface area contributed by atoms with Crippen LogP contribution in [0.4, 0.5) is 5.69 Å². The quantitative estimate of drug-likeness (QED) is 0.894. The minimum Gasteiger partial charge on any atom is -0.366 e. The normalized spacial score (nSPS) is 25.9. The van der Waals surface area contributed by atoms with Crippen molar-refractivity contribution in [2.75, 3.05) is 18.0 Å². The summed E-state index contributed by atoms with van der Waals surface area (Å²) in [5, 5.41) is 0. The molecule has 4 heteroatoms. The van der Waals surface area contributed by atoms with Crippen LogP contribution in [0.1, 0.15) is 13.3 Å². The summed E-state index contributed by atoms with van der Waals surface area (Å²) in [6.07, 6.45) is 4.89. The monoisotopic (exact) mass is 269 g/mol. The van der Waals surface area contributed by atoms with Crippen molar-refractivity contribution in [3.05, 3.63) is 22.9 Å². The highest BCUT2D eigenvalue weighted by Gasteiger charge is 2.30. The number of anilines is 1. The first-order valence-electron chi connectivity index (χ1n) is 5.30. The van der Waals surface area contributed by atoms with Gasteiger partial charge in [-0.05, 0) is 34.3 Å². The minimum absolute atomic E-state index is 0.462. The van der Waals surface area contributed by atoms with Crippen LogP contribution in [0.15, 0.2) is 22.9 Å². The predicted molar refractivity (Wildman–Crippen MR) is 65.9 cm³/mol. The molecule has 1 aromatic rings. The molecule has 15 heavy (non-hydrogen) atoms. The fourth-order valence-corrected chi connectivity index (χ4v) is 2.75. The lowest BCUT2D eigenvalue weighted by Gasteiger charge is -2.28. The van der Waals surface area contributed by atoms with E-state index >= 15 is 0 Å². The molecule has 0 bridgehead atoms. The van der Waals surface area contributed by atoms with Gasteiger partial charge in [0.15, 0.2) is 0 Å². The van der Waals surface area contributed by atoms with E-state index in [4.69, 9.17) is 5.73 Å². The van der Waals surface area contributed by atoms with Crippen LogP contribution in [0.2, 0.25) is 0 Å². The molecule has 2 heterocycles. The van der Waals surface area contributed by atoms with Gasteiger partial charge in [-0.1, -0.05) is 6.92 Å². The van der Waals surface area contributed by atoms with E-state index in [9.17, 15) is 0 Å². The number of nitrogens with zero attached hydrogens (tertiary/aromatic N) is 2. The Morgan fingerprint density at radius 2 is 2.47 bits per heavy atom. The van der Waals surface area contributed by atoms with Crippen LogP contribution in [-0.2, 0) is 0 Å². The van der Waals surface area contributed by atoms with Gasteiger partial charge in [-0.25, -0.2) is 0 Å². The molecule has 0 aliphatic carbocycles. The van der Waals surface area contributed by atoms with Gasteiger partial charge in [-0.2, -0.15) is 0 Å². The first-order valence-corrected chi connectivity index (χ1v) is 6.09. The zero-order valence-corrected chi connectivity index (χ0v) is 10.4. The van der Waals surface area contributed by atoms with Gasteiger partial charge in [0, 0.05) is 31.5 Å². The van der Waals surface area contributed by atoms with E-state index in [0.717, 1.165) is 17.6 Å². The molecule has 0 amide bonds. The summed E-state index contributed by atoms with van der Waals surface area (Å²) in [6.45, 7) is 4.08. The molecule has 3 nitrogen and oxygen atoms in total. The molecule has 1 aliphatic heterocycles. The second-order valence-corrected chi connectivity index (χ2v) is 4.94. The van der Waals surface area contributed by atoms with Crippen molar-refractivity contribution in [3.63, 3.8) is 0 Å². The first kappa shape index (κ1) is 10.9. The molecule has 1 fully saturated rings. The fourth-order valence-electron chi connectivity index (χ4n) is 2.27. The molecule has 1 saturated heterocycles. The summed E-state index contributed by atoms with van der Waals surface area (Å²) in [5.41, 5.74) is 7.04. The minimum atomic E-state index is 0.462. The van der Waals surface area contributed by atoms with Gasteiger partial charge in [0.2, 0.25) is 0 Å². The Hall–Kier alpha value is -0.610. The van der Waals surface area contributed by atoms with E-state index in [1.54, 1.807) is 0 Å². The number of hydrogen-bond donors (Lipinski definition) is 1. The number of halogens is 1. The Morgan fingerprint density at radius 1 is 1.67 bits per heavy atom. The zero-order valence-electron chi connectivity index (χ0n) is 8.86. The highest BCUT2D eigenvalue weighted by molar-refractivity contribution is 9.10. The lowest BCUT2D eigenvalue weighted by atomic mass is 10.0. The third kappa shape index (κ3) is 2.01. The number of pyridine rings is 1. The van der Waals surface area contributed by atoms with E-state index in [2.05, 4.69) is 32.7 Å². The van der Waals surface area contributed by atoms with Crippen molar-refractivity contribution in [1.82, 2.24) is 4.98 Å². The van der Waals surface area contributed by atoms with E-state index in [0.29, 0.717) is 12.0 Å². The average Bonchev–Trinajstić information content (AvgIpc) is 2.60. The molecule has 1 aliphatic rings. The van der Waals surface area contributed by atoms with Crippen molar-refractivity contribution >= 4 is 21.6 Å². The highest BCUT2D eigenvalue weighted by Crippen LogP contribution is 2.33.